The predicted octanol–water partition coefficient (Wildman–Crippen LogP) is 0.853. The average Bonchev–Trinajstić information content (AvgIpc) is 2.17. The maximum atomic E-state index is 10.8. The molecule has 0 aliphatic rings. The maximum absolute atomic E-state index is 10.8. The van der Waals surface area contributed by atoms with Crippen LogP contribution in [0.2, 0.25) is 0 Å². The number of benzene rings is 1. The molecule has 0 saturated carbocycles. The first-order valence-corrected chi connectivity index (χ1v) is 3.93. The van der Waals surface area contributed by atoms with Crippen LogP contribution in [0.4, 0.5) is 0 Å². The molecule has 2 aromatic rings. The molecule has 3 radical (unpaired) electrons. The van der Waals surface area contributed by atoms with E-state index in [0.717, 1.165) is 10.9 Å². The van der Waals surface area contributed by atoms with E-state index in [9.17, 15) is 4.79 Å². The minimum atomic E-state index is -0.495. The van der Waals surface area contributed by atoms with E-state index in [1.54, 1.807) is 6.07 Å². The van der Waals surface area contributed by atoms with Crippen LogP contribution in [-0.2, 0) is 0 Å². The monoisotopic (exact) mass is 186 g/mol. The number of nitrogens with two attached hydrogens (primary N) is 1. The molecule has 2 N–H and O–H groups in total. The van der Waals surface area contributed by atoms with Crippen molar-refractivity contribution in [1.29, 1.82) is 0 Å². The molecule has 0 aliphatic heterocycles. The number of pyridine rings is 1. The van der Waals surface area contributed by atoms with Crippen molar-refractivity contribution in [2.75, 3.05) is 0 Å². The second-order valence-electron chi connectivity index (χ2n) is 2.75. The lowest BCUT2D eigenvalue weighted by Gasteiger charge is -1.97. The van der Waals surface area contributed by atoms with E-state index in [2.05, 4.69) is 4.98 Å². The molecule has 0 spiro atoms. The summed E-state index contributed by atoms with van der Waals surface area (Å²) in [6, 6.07) is 11.1. The summed E-state index contributed by atoms with van der Waals surface area (Å²) < 4.78 is 0. The number of fused-ring (bicyclic) bond motifs is 1. The fourth-order valence-corrected chi connectivity index (χ4v) is 1.20. The summed E-state index contributed by atoms with van der Waals surface area (Å²) in [7, 11) is 0. The summed E-state index contributed by atoms with van der Waals surface area (Å²) in [5, 5.41) is 1.01. The van der Waals surface area contributed by atoms with Crippen LogP contribution in [0, 0.1) is 0 Å². The Balaban J connectivity index is 0.000000980. The summed E-state index contributed by atoms with van der Waals surface area (Å²) in [6.45, 7) is 0. The number of aromatic nitrogens is 1. The van der Waals surface area contributed by atoms with E-state index in [1.165, 1.54) is 0 Å². The summed E-state index contributed by atoms with van der Waals surface area (Å²) in [5.74, 6) is -0.495. The van der Waals surface area contributed by atoms with Gasteiger partial charge in [-0.05, 0) is 12.1 Å². The minimum absolute atomic E-state index is 0. The van der Waals surface area contributed by atoms with E-state index in [4.69, 9.17) is 5.73 Å². The van der Waals surface area contributed by atoms with Crippen molar-refractivity contribution in [2.45, 2.75) is 0 Å². The van der Waals surface area contributed by atoms with E-state index in [1.807, 2.05) is 30.3 Å². The molecule has 1 amide bonds. The van der Waals surface area contributed by atoms with Crippen molar-refractivity contribution in [3.63, 3.8) is 0 Å². The van der Waals surface area contributed by atoms with Crippen LogP contribution in [0.15, 0.2) is 36.4 Å². The van der Waals surface area contributed by atoms with Crippen LogP contribution in [0.25, 0.3) is 10.9 Å². The van der Waals surface area contributed by atoms with E-state index in [-0.39, 0.29) is 6.15 Å². The van der Waals surface area contributed by atoms with Crippen molar-refractivity contribution in [3.05, 3.63) is 42.1 Å². The molecule has 0 unspecified atom stereocenters. The number of para-hydroxylation sites is 1. The lowest BCUT2D eigenvalue weighted by atomic mass is 10.2. The molecule has 14 heavy (non-hydrogen) atoms. The Labute approximate surface area is 81.3 Å². The second kappa shape index (κ2) is 3.85. The lowest BCUT2D eigenvalue weighted by molar-refractivity contribution is 0.0996. The van der Waals surface area contributed by atoms with Gasteiger partial charge in [0.05, 0.1) is 5.52 Å². The van der Waals surface area contributed by atoms with Crippen LogP contribution < -0.4 is 11.9 Å². The first-order chi connectivity index (χ1) is 6.27. The molecule has 1 aromatic heterocycles. The zero-order valence-corrected chi connectivity index (χ0v) is 7.34. The third-order valence-electron chi connectivity index (χ3n) is 1.85. The van der Waals surface area contributed by atoms with Crippen LogP contribution >= 0.6 is 0 Å². The summed E-state index contributed by atoms with van der Waals surface area (Å²) in [5.41, 5.74) is 6.20. The Morgan fingerprint density at radius 2 is 1.86 bits per heavy atom. The van der Waals surface area contributed by atoms with Crippen molar-refractivity contribution in [3.8, 4) is 0 Å². The smallest absolute Gasteiger partial charge is 0.267 e. The topological polar surface area (TPSA) is 86.5 Å². The molecule has 0 aliphatic carbocycles. The summed E-state index contributed by atoms with van der Waals surface area (Å²) in [4.78, 5) is 14.9. The van der Waals surface area contributed by atoms with Crippen molar-refractivity contribution >= 4 is 16.8 Å². The Bertz CT molecular complexity index is 468. The van der Waals surface area contributed by atoms with E-state index in [0.29, 0.717) is 5.69 Å². The first kappa shape index (κ1) is 10.1. The van der Waals surface area contributed by atoms with Gasteiger partial charge in [0.1, 0.15) is 5.69 Å². The zero-order valence-electron chi connectivity index (χ0n) is 7.34. The largest absolute Gasteiger partial charge is 0.364 e. The maximum Gasteiger partial charge on any atom is 0.267 e. The number of carbonyl (C=O) groups excluding carboxylic acids is 1. The highest BCUT2D eigenvalue weighted by molar-refractivity contribution is 5.93. The minimum Gasteiger partial charge on any atom is -0.364 e. The van der Waals surface area contributed by atoms with Crippen molar-refractivity contribution in [2.24, 2.45) is 5.73 Å². The van der Waals surface area contributed by atoms with Gasteiger partial charge in [-0.2, -0.15) is 0 Å². The second-order valence-corrected chi connectivity index (χ2v) is 2.75. The van der Waals surface area contributed by atoms with Gasteiger partial charge in [-0.25, -0.2) is 4.98 Å². The van der Waals surface area contributed by atoms with Gasteiger partial charge in [0.2, 0.25) is 0 Å². The van der Waals surface area contributed by atoms with Gasteiger partial charge in [-0.15, -0.1) is 0 Å². The zero-order chi connectivity index (χ0) is 9.26. The third kappa shape index (κ3) is 1.70. The molecule has 1 heterocycles. The SMILES string of the molecule is NC(=O)c1ccc2ccccc2n1.[N]. The average molecular weight is 186 g/mol. The lowest BCUT2D eigenvalue weighted by Crippen LogP contribution is -2.12. The summed E-state index contributed by atoms with van der Waals surface area (Å²) in [6.07, 6.45) is 0. The molecule has 4 nitrogen and oxygen atoms in total. The standard InChI is InChI=1S/C10H8N2O.N/c11-10(13)9-6-5-7-3-1-2-4-8(7)12-9;/h1-6H,(H2,11,13);. The fraction of sp³-hybridized carbons (Fsp3) is 0. The Morgan fingerprint density at radius 3 is 2.57 bits per heavy atom. The summed E-state index contributed by atoms with van der Waals surface area (Å²) >= 11 is 0. The van der Waals surface area contributed by atoms with Gasteiger partial charge in [0.25, 0.3) is 5.91 Å². The van der Waals surface area contributed by atoms with Gasteiger partial charge in [-0.3, -0.25) is 4.79 Å². The van der Waals surface area contributed by atoms with E-state index >= 15 is 0 Å². The number of hydrogen-bond donors (Lipinski definition) is 1. The number of primary amides is 1. The highest BCUT2D eigenvalue weighted by atomic mass is 16.1. The van der Waals surface area contributed by atoms with Crippen LogP contribution in [0.1, 0.15) is 10.5 Å². The Kier molecular flexibility index (Phi) is 2.79. The van der Waals surface area contributed by atoms with Gasteiger partial charge >= 0.3 is 0 Å². The van der Waals surface area contributed by atoms with Crippen molar-refractivity contribution < 1.29 is 4.79 Å². The molecule has 2 rings (SSSR count). The molecule has 0 fully saturated rings. The number of amides is 1. The normalized spacial score (nSPS) is 9.43. The van der Waals surface area contributed by atoms with Crippen LogP contribution in [0.3, 0.4) is 0 Å². The molecule has 0 atom stereocenters. The van der Waals surface area contributed by atoms with Gasteiger partial charge in [0.15, 0.2) is 0 Å². The molecule has 69 valence electrons. The number of nitrogens with zero attached hydrogens (tertiary/aromatic N) is 2. The molecule has 4 heteroatoms. The highest BCUT2D eigenvalue weighted by Crippen LogP contribution is 2.10. The fourth-order valence-electron chi connectivity index (χ4n) is 1.20. The molecular weight excluding hydrogens is 178 g/mol. The quantitative estimate of drug-likeness (QED) is 0.715. The van der Waals surface area contributed by atoms with Gasteiger partial charge in [0, 0.05) is 11.5 Å². The van der Waals surface area contributed by atoms with Crippen LogP contribution in [0.5, 0.6) is 0 Å². The number of hydrogen-bond acceptors (Lipinski definition) is 2. The van der Waals surface area contributed by atoms with Crippen LogP contribution in [-0.4, -0.2) is 10.9 Å². The molecule has 0 saturated heterocycles. The number of rotatable bonds is 1. The van der Waals surface area contributed by atoms with Gasteiger partial charge < -0.3 is 5.73 Å². The first-order valence-electron chi connectivity index (χ1n) is 3.93. The third-order valence-corrected chi connectivity index (χ3v) is 1.85. The molecule has 0 bridgehead atoms. The van der Waals surface area contributed by atoms with Gasteiger partial charge in [-0.1, -0.05) is 24.3 Å². The number of carbonyl (C=O) groups is 1. The Morgan fingerprint density at radius 1 is 1.14 bits per heavy atom. The highest BCUT2D eigenvalue weighted by Gasteiger charge is 2.01. The molecule has 1 aromatic carbocycles. The Hall–Kier alpha value is -1.94. The molecular formula is C10H8N3O. The predicted molar refractivity (Wildman–Crippen MR) is 52.4 cm³/mol. The van der Waals surface area contributed by atoms with Crippen molar-refractivity contribution in [1.82, 2.24) is 11.1 Å². The van der Waals surface area contributed by atoms with E-state index < -0.39 is 5.91 Å².